The van der Waals surface area contributed by atoms with Gasteiger partial charge in [0.05, 0.1) is 5.56 Å². The molecule has 0 aliphatic rings. The van der Waals surface area contributed by atoms with E-state index in [9.17, 15) is 18.0 Å². The molecule has 1 heterocycles. The molecule has 1 aromatic carbocycles. The van der Waals surface area contributed by atoms with E-state index in [1.807, 2.05) is 30.1 Å². The zero-order chi connectivity index (χ0) is 15.5. The summed E-state index contributed by atoms with van der Waals surface area (Å²) < 4.78 is 39.1. The molecule has 2 aromatic rings. The summed E-state index contributed by atoms with van der Waals surface area (Å²) in [5.41, 5.74) is 0.546. The van der Waals surface area contributed by atoms with Gasteiger partial charge in [-0.05, 0) is 42.3 Å². The van der Waals surface area contributed by atoms with Gasteiger partial charge < -0.3 is 9.88 Å². The quantitative estimate of drug-likeness (QED) is 0.924. The monoisotopic (exact) mass is 296 g/mol. The smallest absolute Gasteiger partial charge is 0.357 e. The second-order valence-corrected chi connectivity index (χ2v) is 4.77. The molecule has 112 valence electrons. The summed E-state index contributed by atoms with van der Waals surface area (Å²) in [5.74, 6) is -0.375. The van der Waals surface area contributed by atoms with Crippen molar-refractivity contribution in [3.05, 3.63) is 59.4 Å². The van der Waals surface area contributed by atoms with Crippen LogP contribution in [0.1, 0.15) is 21.5 Å². The molecular formula is C15H15F3N2O. The molecule has 0 spiro atoms. The van der Waals surface area contributed by atoms with Crippen molar-refractivity contribution in [2.24, 2.45) is 7.05 Å². The first-order valence-corrected chi connectivity index (χ1v) is 6.42. The summed E-state index contributed by atoms with van der Waals surface area (Å²) in [4.78, 5) is 11.8. The van der Waals surface area contributed by atoms with Crippen molar-refractivity contribution < 1.29 is 18.0 Å². The van der Waals surface area contributed by atoms with Crippen LogP contribution < -0.4 is 5.32 Å². The predicted molar refractivity (Wildman–Crippen MR) is 72.9 cm³/mol. The Morgan fingerprint density at radius 3 is 2.38 bits per heavy atom. The topological polar surface area (TPSA) is 34.0 Å². The van der Waals surface area contributed by atoms with Crippen molar-refractivity contribution >= 4 is 5.91 Å². The Morgan fingerprint density at radius 1 is 1.19 bits per heavy atom. The molecule has 1 N–H and O–H groups in total. The molecule has 1 amide bonds. The van der Waals surface area contributed by atoms with Crippen molar-refractivity contribution in [3.63, 3.8) is 0 Å². The molecule has 2 rings (SSSR count). The van der Waals surface area contributed by atoms with Gasteiger partial charge in [-0.1, -0.05) is 0 Å². The maximum Gasteiger partial charge on any atom is 0.416 e. The van der Waals surface area contributed by atoms with Crippen molar-refractivity contribution in [3.8, 4) is 0 Å². The number of hydrogen-bond acceptors (Lipinski definition) is 1. The van der Waals surface area contributed by atoms with Crippen LogP contribution in [0.25, 0.3) is 0 Å². The first kappa shape index (κ1) is 15.2. The molecule has 3 nitrogen and oxygen atoms in total. The van der Waals surface area contributed by atoms with E-state index in [1.165, 1.54) is 12.1 Å². The van der Waals surface area contributed by atoms with E-state index in [4.69, 9.17) is 0 Å². The van der Waals surface area contributed by atoms with Crippen molar-refractivity contribution in [2.75, 3.05) is 6.54 Å². The van der Waals surface area contributed by atoms with E-state index in [0.29, 0.717) is 13.0 Å². The molecule has 0 atom stereocenters. The van der Waals surface area contributed by atoms with Crippen LogP contribution in [0.2, 0.25) is 0 Å². The lowest BCUT2D eigenvalue weighted by Gasteiger charge is -2.08. The van der Waals surface area contributed by atoms with Crippen LogP contribution in [0.15, 0.2) is 42.7 Å². The standard InChI is InChI=1S/C15H15F3N2O/c1-20-9-7-11(10-20)6-8-19-14(21)12-2-4-13(5-3-12)15(16,17)18/h2-5,7,9-10H,6,8H2,1H3,(H,19,21). The van der Waals surface area contributed by atoms with Crippen molar-refractivity contribution in [1.82, 2.24) is 9.88 Å². The molecule has 0 radical (unpaired) electrons. The van der Waals surface area contributed by atoms with Crippen LogP contribution in [0.5, 0.6) is 0 Å². The number of halogens is 3. The largest absolute Gasteiger partial charge is 0.416 e. The first-order valence-electron chi connectivity index (χ1n) is 6.42. The highest BCUT2D eigenvalue weighted by Crippen LogP contribution is 2.29. The minimum atomic E-state index is -4.39. The normalized spacial score (nSPS) is 11.4. The van der Waals surface area contributed by atoms with E-state index >= 15 is 0 Å². The number of amides is 1. The average Bonchev–Trinajstić information content (AvgIpc) is 2.83. The summed E-state index contributed by atoms with van der Waals surface area (Å²) in [6, 6.07) is 6.13. The lowest BCUT2D eigenvalue weighted by Crippen LogP contribution is -2.25. The molecule has 0 bridgehead atoms. The van der Waals surface area contributed by atoms with Crippen LogP contribution in [0.3, 0.4) is 0 Å². The van der Waals surface area contributed by atoms with Crippen molar-refractivity contribution in [2.45, 2.75) is 12.6 Å². The number of rotatable bonds is 4. The number of benzene rings is 1. The van der Waals surface area contributed by atoms with Gasteiger partial charge in [0.2, 0.25) is 0 Å². The van der Waals surface area contributed by atoms with E-state index in [-0.39, 0.29) is 11.5 Å². The molecule has 0 saturated heterocycles. The molecular weight excluding hydrogens is 281 g/mol. The summed E-state index contributed by atoms with van der Waals surface area (Å²) in [7, 11) is 1.91. The minimum absolute atomic E-state index is 0.219. The van der Waals surface area contributed by atoms with Crippen LogP contribution in [0.4, 0.5) is 13.2 Å². The predicted octanol–water partition coefficient (Wildman–Crippen LogP) is 3.02. The van der Waals surface area contributed by atoms with Crippen LogP contribution in [-0.4, -0.2) is 17.0 Å². The number of aryl methyl sites for hydroxylation is 1. The Morgan fingerprint density at radius 2 is 1.86 bits per heavy atom. The zero-order valence-electron chi connectivity index (χ0n) is 11.4. The second kappa shape index (κ2) is 6.03. The van der Waals surface area contributed by atoms with Gasteiger partial charge in [0.15, 0.2) is 0 Å². The number of carbonyl (C=O) groups is 1. The summed E-state index contributed by atoms with van der Waals surface area (Å²) in [5, 5.41) is 2.69. The van der Waals surface area contributed by atoms with Gasteiger partial charge in [0.1, 0.15) is 0 Å². The summed E-state index contributed by atoms with van der Waals surface area (Å²) in [6.07, 6.45) is 0.146. The van der Waals surface area contributed by atoms with Crippen LogP contribution >= 0.6 is 0 Å². The van der Waals surface area contributed by atoms with Gasteiger partial charge in [0, 0.05) is 31.5 Å². The Balaban J connectivity index is 1.88. The molecule has 0 aliphatic carbocycles. The second-order valence-electron chi connectivity index (χ2n) is 4.77. The SMILES string of the molecule is Cn1ccc(CCNC(=O)c2ccc(C(F)(F)F)cc2)c1. The fourth-order valence-corrected chi connectivity index (χ4v) is 1.94. The fraction of sp³-hybridized carbons (Fsp3) is 0.267. The third-order valence-electron chi connectivity index (χ3n) is 3.07. The molecule has 1 aromatic heterocycles. The molecule has 0 fully saturated rings. The summed E-state index contributed by atoms with van der Waals surface area (Å²) in [6.45, 7) is 0.434. The fourth-order valence-electron chi connectivity index (χ4n) is 1.94. The summed E-state index contributed by atoms with van der Waals surface area (Å²) >= 11 is 0. The Kier molecular flexibility index (Phi) is 4.35. The maximum atomic E-state index is 12.4. The molecule has 6 heteroatoms. The Labute approximate surface area is 120 Å². The highest BCUT2D eigenvalue weighted by Gasteiger charge is 2.30. The number of nitrogens with one attached hydrogen (secondary N) is 1. The maximum absolute atomic E-state index is 12.4. The number of alkyl halides is 3. The molecule has 0 unspecified atom stereocenters. The molecule has 21 heavy (non-hydrogen) atoms. The van der Waals surface area contributed by atoms with Gasteiger partial charge in [-0.3, -0.25) is 4.79 Å². The highest BCUT2D eigenvalue weighted by atomic mass is 19.4. The van der Waals surface area contributed by atoms with Gasteiger partial charge >= 0.3 is 6.18 Å². The van der Waals surface area contributed by atoms with Crippen LogP contribution in [0, 0.1) is 0 Å². The number of carbonyl (C=O) groups excluding carboxylic acids is 1. The van der Waals surface area contributed by atoms with E-state index in [1.54, 1.807) is 0 Å². The zero-order valence-corrected chi connectivity index (χ0v) is 11.4. The van der Waals surface area contributed by atoms with Gasteiger partial charge in [-0.15, -0.1) is 0 Å². The van der Waals surface area contributed by atoms with Crippen molar-refractivity contribution in [1.29, 1.82) is 0 Å². The van der Waals surface area contributed by atoms with Gasteiger partial charge in [-0.2, -0.15) is 13.2 Å². The first-order chi connectivity index (χ1) is 9.86. The third kappa shape index (κ3) is 4.11. The van der Waals surface area contributed by atoms with E-state index < -0.39 is 11.7 Å². The highest BCUT2D eigenvalue weighted by molar-refractivity contribution is 5.94. The lowest BCUT2D eigenvalue weighted by molar-refractivity contribution is -0.137. The third-order valence-corrected chi connectivity index (χ3v) is 3.07. The number of hydrogen-bond donors (Lipinski definition) is 1. The van der Waals surface area contributed by atoms with Gasteiger partial charge in [0.25, 0.3) is 5.91 Å². The van der Waals surface area contributed by atoms with Crippen LogP contribution in [-0.2, 0) is 19.6 Å². The van der Waals surface area contributed by atoms with E-state index in [0.717, 1.165) is 17.7 Å². The Bertz CT molecular complexity index is 615. The molecule has 0 saturated carbocycles. The number of nitrogens with zero attached hydrogens (tertiary/aromatic N) is 1. The minimum Gasteiger partial charge on any atom is -0.357 e. The number of aromatic nitrogens is 1. The van der Waals surface area contributed by atoms with Gasteiger partial charge in [-0.25, -0.2) is 0 Å². The van der Waals surface area contributed by atoms with E-state index in [2.05, 4.69) is 5.32 Å². The molecule has 0 aliphatic heterocycles. The lowest BCUT2D eigenvalue weighted by atomic mass is 10.1. The average molecular weight is 296 g/mol. The Hall–Kier alpha value is -2.24.